The fourth-order valence-electron chi connectivity index (χ4n) is 4.17. The molecule has 1 aromatic carbocycles. The fraction of sp³-hybridized carbons (Fsp3) is 0.667. The molecule has 0 amide bonds. The zero-order valence-corrected chi connectivity index (χ0v) is 18.0. The average Bonchev–Trinajstić information content (AvgIpc) is 2.65. The standard InChI is InChI=1S/C21H32N2O2.2ClH/c1-22-12-14-23(15-13-22)16-17-25-21(24)20(18-8-4-2-5-9-18)19-10-6-3-7-11-19;;/h2,4-5,8-9,19-20H,3,6-7,10-17H2,1H3;2*1H. The molecule has 0 N–H and O–H groups in total. The van der Waals surface area contributed by atoms with Crippen LogP contribution in [0, 0.1) is 5.92 Å². The third kappa shape index (κ3) is 7.26. The van der Waals surface area contributed by atoms with Gasteiger partial charge in [-0.25, -0.2) is 0 Å². The maximum Gasteiger partial charge on any atom is 0.313 e. The first-order chi connectivity index (χ1) is 12.2. The summed E-state index contributed by atoms with van der Waals surface area (Å²) in [6.07, 6.45) is 6.07. The topological polar surface area (TPSA) is 32.8 Å². The maximum absolute atomic E-state index is 12.9. The van der Waals surface area contributed by atoms with Crippen molar-refractivity contribution in [2.75, 3.05) is 46.4 Å². The molecule has 2 aliphatic rings. The number of benzene rings is 1. The minimum atomic E-state index is -0.0889. The van der Waals surface area contributed by atoms with Crippen LogP contribution < -0.4 is 0 Å². The van der Waals surface area contributed by atoms with E-state index in [9.17, 15) is 4.79 Å². The maximum atomic E-state index is 12.9. The number of nitrogens with zero attached hydrogens (tertiary/aromatic N) is 2. The highest BCUT2D eigenvalue weighted by Gasteiger charge is 2.32. The lowest BCUT2D eigenvalue weighted by Gasteiger charge is -2.32. The molecule has 1 atom stereocenters. The molecule has 1 aromatic rings. The number of piperazine rings is 1. The van der Waals surface area contributed by atoms with Gasteiger partial charge in [0.15, 0.2) is 0 Å². The summed E-state index contributed by atoms with van der Waals surface area (Å²) in [7, 11) is 2.16. The zero-order valence-electron chi connectivity index (χ0n) is 16.3. The smallest absolute Gasteiger partial charge is 0.313 e. The summed E-state index contributed by atoms with van der Waals surface area (Å²) < 4.78 is 5.75. The summed E-state index contributed by atoms with van der Waals surface area (Å²) >= 11 is 0. The Morgan fingerprint density at radius 3 is 2.30 bits per heavy atom. The Morgan fingerprint density at radius 2 is 1.67 bits per heavy atom. The molecule has 0 aromatic heterocycles. The molecule has 0 bridgehead atoms. The predicted molar refractivity (Wildman–Crippen MR) is 115 cm³/mol. The SMILES string of the molecule is CN1CCN(CCOC(=O)C(c2ccccc2)C2CCCCC2)CC1.Cl.Cl. The number of rotatable bonds is 6. The van der Waals surface area contributed by atoms with Gasteiger partial charge in [0, 0.05) is 32.7 Å². The summed E-state index contributed by atoms with van der Waals surface area (Å²) in [5, 5.41) is 0. The molecule has 1 saturated carbocycles. The molecular weight excluding hydrogens is 383 g/mol. The fourth-order valence-corrected chi connectivity index (χ4v) is 4.17. The molecule has 1 aliphatic carbocycles. The molecule has 2 fully saturated rings. The van der Waals surface area contributed by atoms with Crippen molar-refractivity contribution in [3.63, 3.8) is 0 Å². The Hall–Kier alpha value is -0.810. The van der Waals surface area contributed by atoms with Gasteiger partial charge >= 0.3 is 5.97 Å². The van der Waals surface area contributed by atoms with Crippen molar-refractivity contribution in [3.05, 3.63) is 35.9 Å². The van der Waals surface area contributed by atoms with Crippen LogP contribution in [0.2, 0.25) is 0 Å². The van der Waals surface area contributed by atoms with Crippen molar-refractivity contribution in [2.24, 2.45) is 5.92 Å². The van der Waals surface area contributed by atoms with Crippen LogP contribution in [-0.4, -0.2) is 62.1 Å². The van der Waals surface area contributed by atoms with Gasteiger partial charge in [-0.3, -0.25) is 9.69 Å². The van der Waals surface area contributed by atoms with E-state index in [1.807, 2.05) is 18.2 Å². The number of ether oxygens (including phenoxy) is 1. The lowest BCUT2D eigenvalue weighted by Crippen LogP contribution is -2.45. The predicted octanol–water partition coefficient (Wildman–Crippen LogP) is 3.98. The number of hydrogen-bond donors (Lipinski definition) is 0. The highest BCUT2D eigenvalue weighted by molar-refractivity contribution is 5.85. The van der Waals surface area contributed by atoms with Crippen LogP contribution in [-0.2, 0) is 9.53 Å². The van der Waals surface area contributed by atoms with E-state index in [0.29, 0.717) is 12.5 Å². The Bertz CT molecular complexity index is 530. The van der Waals surface area contributed by atoms with Gasteiger partial charge in [-0.2, -0.15) is 0 Å². The molecule has 1 aliphatic heterocycles. The lowest BCUT2D eigenvalue weighted by molar-refractivity contribution is -0.147. The summed E-state index contributed by atoms with van der Waals surface area (Å²) in [5.74, 6) is 0.327. The minimum absolute atomic E-state index is 0. The number of hydrogen-bond acceptors (Lipinski definition) is 4. The van der Waals surface area contributed by atoms with Gasteiger partial charge in [0.1, 0.15) is 6.61 Å². The molecule has 1 saturated heterocycles. The summed E-state index contributed by atoms with van der Waals surface area (Å²) in [6, 6.07) is 10.2. The first-order valence-electron chi connectivity index (χ1n) is 9.86. The van der Waals surface area contributed by atoms with Crippen molar-refractivity contribution in [1.29, 1.82) is 0 Å². The second kappa shape index (κ2) is 12.6. The van der Waals surface area contributed by atoms with E-state index in [-0.39, 0.29) is 36.7 Å². The quantitative estimate of drug-likeness (QED) is 0.656. The number of carbonyl (C=O) groups is 1. The van der Waals surface area contributed by atoms with Crippen LogP contribution in [0.5, 0.6) is 0 Å². The van der Waals surface area contributed by atoms with E-state index in [1.54, 1.807) is 0 Å². The third-order valence-electron chi connectivity index (χ3n) is 5.78. The Morgan fingerprint density at radius 1 is 1.04 bits per heavy atom. The van der Waals surface area contributed by atoms with E-state index < -0.39 is 0 Å². The second-order valence-corrected chi connectivity index (χ2v) is 7.60. The summed E-state index contributed by atoms with van der Waals surface area (Å²) in [4.78, 5) is 17.6. The van der Waals surface area contributed by atoms with E-state index >= 15 is 0 Å². The Kier molecular flexibility index (Phi) is 11.3. The van der Waals surface area contributed by atoms with Crippen LogP contribution in [0.1, 0.15) is 43.6 Å². The minimum Gasteiger partial charge on any atom is -0.464 e. The van der Waals surface area contributed by atoms with Crippen LogP contribution in [0.4, 0.5) is 0 Å². The first kappa shape index (κ1) is 24.2. The zero-order chi connectivity index (χ0) is 17.5. The van der Waals surface area contributed by atoms with Crippen LogP contribution in [0.25, 0.3) is 0 Å². The van der Waals surface area contributed by atoms with Crippen LogP contribution in [0.15, 0.2) is 30.3 Å². The van der Waals surface area contributed by atoms with Gasteiger partial charge in [-0.05, 0) is 31.4 Å². The summed E-state index contributed by atoms with van der Waals surface area (Å²) in [5.41, 5.74) is 1.12. The summed E-state index contributed by atoms with van der Waals surface area (Å²) in [6.45, 7) is 5.70. The highest BCUT2D eigenvalue weighted by Crippen LogP contribution is 2.36. The number of halogens is 2. The molecule has 154 valence electrons. The van der Waals surface area contributed by atoms with Crippen molar-refractivity contribution in [2.45, 2.75) is 38.0 Å². The van der Waals surface area contributed by atoms with Gasteiger partial charge in [0.2, 0.25) is 0 Å². The molecule has 6 heteroatoms. The number of carbonyl (C=O) groups excluding carboxylic acids is 1. The third-order valence-corrected chi connectivity index (χ3v) is 5.78. The van der Waals surface area contributed by atoms with Crippen molar-refractivity contribution >= 4 is 30.8 Å². The lowest BCUT2D eigenvalue weighted by atomic mass is 9.77. The van der Waals surface area contributed by atoms with Crippen molar-refractivity contribution in [3.8, 4) is 0 Å². The van der Waals surface area contributed by atoms with Crippen molar-refractivity contribution < 1.29 is 9.53 Å². The molecular formula is C21H34Cl2N2O2. The molecule has 27 heavy (non-hydrogen) atoms. The average molecular weight is 417 g/mol. The second-order valence-electron chi connectivity index (χ2n) is 7.60. The largest absolute Gasteiger partial charge is 0.464 e. The van der Waals surface area contributed by atoms with E-state index in [0.717, 1.165) is 51.1 Å². The molecule has 1 heterocycles. The Labute approximate surface area is 176 Å². The monoisotopic (exact) mass is 416 g/mol. The van der Waals surface area contributed by atoms with Crippen molar-refractivity contribution in [1.82, 2.24) is 9.80 Å². The van der Waals surface area contributed by atoms with E-state index in [1.165, 1.54) is 19.3 Å². The van der Waals surface area contributed by atoms with E-state index in [4.69, 9.17) is 4.74 Å². The molecule has 0 spiro atoms. The van der Waals surface area contributed by atoms with E-state index in [2.05, 4.69) is 29.0 Å². The highest BCUT2D eigenvalue weighted by atomic mass is 35.5. The molecule has 0 radical (unpaired) electrons. The molecule has 3 rings (SSSR count). The number of esters is 1. The van der Waals surface area contributed by atoms with Crippen LogP contribution in [0.3, 0.4) is 0 Å². The van der Waals surface area contributed by atoms with Gasteiger partial charge in [-0.15, -0.1) is 24.8 Å². The van der Waals surface area contributed by atoms with Gasteiger partial charge < -0.3 is 9.64 Å². The first-order valence-corrected chi connectivity index (χ1v) is 9.86. The van der Waals surface area contributed by atoms with Gasteiger partial charge in [0.05, 0.1) is 5.92 Å². The number of likely N-dealkylation sites (N-methyl/N-ethyl adjacent to an activating group) is 1. The Balaban J connectivity index is 0.00000182. The van der Waals surface area contributed by atoms with Gasteiger partial charge in [0.25, 0.3) is 0 Å². The molecule has 1 unspecified atom stereocenters. The van der Waals surface area contributed by atoms with Crippen LogP contribution >= 0.6 is 24.8 Å². The molecule has 4 nitrogen and oxygen atoms in total. The normalized spacial score (nSPS) is 20.2. The van der Waals surface area contributed by atoms with Gasteiger partial charge in [-0.1, -0.05) is 49.6 Å².